The number of nitrogen functional groups attached to an aromatic ring is 1. The standard InChI is InChI=1S/C17H20N2OS/c18-16-4-2-1-3-14(16)5-8-17(20)19(15-6-7-15)11-13-9-10-21-12-13/h1-4,9-10,12,15H,5-8,11,18H2. The van der Waals surface area contributed by atoms with Gasteiger partial charge in [-0.2, -0.15) is 11.3 Å². The molecule has 1 aromatic heterocycles. The van der Waals surface area contributed by atoms with Crippen LogP contribution in [0.4, 0.5) is 5.69 Å². The quantitative estimate of drug-likeness (QED) is 0.831. The molecule has 0 atom stereocenters. The van der Waals surface area contributed by atoms with Gasteiger partial charge in [0.1, 0.15) is 0 Å². The second-order valence-electron chi connectivity index (χ2n) is 5.58. The SMILES string of the molecule is Nc1ccccc1CCC(=O)N(Cc1ccsc1)C1CC1. The van der Waals surface area contributed by atoms with Crippen LogP contribution in [0.15, 0.2) is 41.1 Å². The molecule has 1 aromatic carbocycles. The van der Waals surface area contributed by atoms with Crippen LogP contribution in [0, 0.1) is 0 Å². The molecule has 0 saturated heterocycles. The number of nitrogens with two attached hydrogens (primary N) is 1. The second-order valence-corrected chi connectivity index (χ2v) is 6.36. The van der Waals surface area contributed by atoms with Crippen molar-refractivity contribution in [2.75, 3.05) is 5.73 Å². The molecular formula is C17H20N2OS. The average molecular weight is 300 g/mol. The van der Waals surface area contributed by atoms with E-state index in [1.807, 2.05) is 29.2 Å². The van der Waals surface area contributed by atoms with Crippen molar-refractivity contribution in [1.29, 1.82) is 0 Å². The number of anilines is 1. The maximum Gasteiger partial charge on any atom is 0.223 e. The van der Waals surface area contributed by atoms with E-state index in [9.17, 15) is 4.79 Å². The fourth-order valence-corrected chi connectivity index (χ4v) is 3.19. The molecule has 0 radical (unpaired) electrons. The number of amides is 1. The summed E-state index contributed by atoms with van der Waals surface area (Å²) in [6, 6.07) is 10.3. The number of carbonyl (C=O) groups excluding carboxylic acids is 1. The van der Waals surface area contributed by atoms with E-state index in [0.717, 1.165) is 37.1 Å². The minimum Gasteiger partial charge on any atom is -0.399 e. The van der Waals surface area contributed by atoms with E-state index < -0.39 is 0 Å². The molecule has 1 heterocycles. The molecule has 21 heavy (non-hydrogen) atoms. The van der Waals surface area contributed by atoms with E-state index in [4.69, 9.17) is 5.73 Å². The molecular weight excluding hydrogens is 280 g/mol. The van der Waals surface area contributed by atoms with E-state index in [2.05, 4.69) is 16.8 Å². The first-order chi connectivity index (χ1) is 10.2. The van der Waals surface area contributed by atoms with Gasteiger partial charge in [0, 0.05) is 24.7 Å². The van der Waals surface area contributed by atoms with Gasteiger partial charge in [-0.15, -0.1) is 0 Å². The van der Waals surface area contributed by atoms with E-state index in [1.54, 1.807) is 11.3 Å². The van der Waals surface area contributed by atoms with Crippen molar-refractivity contribution < 1.29 is 4.79 Å². The molecule has 3 nitrogen and oxygen atoms in total. The lowest BCUT2D eigenvalue weighted by Crippen LogP contribution is -2.32. The molecule has 0 spiro atoms. The molecule has 0 unspecified atom stereocenters. The lowest BCUT2D eigenvalue weighted by atomic mass is 10.1. The number of thiophene rings is 1. The third-order valence-electron chi connectivity index (χ3n) is 3.90. The Balaban J connectivity index is 1.61. The van der Waals surface area contributed by atoms with Crippen molar-refractivity contribution in [2.45, 2.75) is 38.3 Å². The van der Waals surface area contributed by atoms with Crippen molar-refractivity contribution in [2.24, 2.45) is 0 Å². The van der Waals surface area contributed by atoms with Crippen LogP contribution in [0.1, 0.15) is 30.4 Å². The van der Waals surface area contributed by atoms with Crippen molar-refractivity contribution in [1.82, 2.24) is 4.90 Å². The number of nitrogens with zero attached hydrogens (tertiary/aromatic N) is 1. The largest absolute Gasteiger partial charge is 0.399 e. The van der Waals surface area contributed by atoms with Gasteiger partial charge >= 0.3 is 0 Å². The monoisotopic (exact) mass is 300 g/mol. The van der Waals surface area contributed by atoms with Crippen LogP contribution < -0.4 is 5.73 Å². The first-order valence-electron chi connectivity index (χ1n) is 7.38. The van der Waals surface area contributed by atoms with E-state index >= 15 is 0 Å². The minimum atomic E-state index is 0.243. The Kier molecular flexibility index (Phi) is 4.25. The maximum absolute atomic E-state index is 12.5. The zero-order valence-electron chi connectivity index (χ0n) is 12.0. The summed E-state index contributed by atoms with van der Waals surface area (Å²) in [6.45, 7) is 0.747. The summed E-state index contributed by atoms with van der Waals surface area (Å²) in [6.07, 6.45) is 3.54. The smallest absolute Gasteiger partial charge is 0.223 e. The van der Waals surface area contributed by atoms with Crippen molar-refractivity contribution in [3.63, 3.8) is 0 Å². The van der Waals surface area contributed by atoms with Gasteiger partial charge in [0.05, 0.1) is 0 Å². The number of hydrogen-bond donors (Lipinski definition) is 1. The van der Waals surface area contributed by atoms with Crippen molar-refractivity contribution >= 4 is 22.9 Å². The molecule has 0 aliphatic heterocycles. The van der Waals surface area contributed by atoms with Crippen LogP contribution in [0.2, 0.25) is 0 Å². The number of para-hydroxylation sites is 1. The molecule has 110 valence electrons. The highest BCUT2D eigenvalue weighted by molar-refractivity contribution is 7.07. The summed E-state index contributed by atoms with van der Waals surface area (Å²) in [5.74, 6) is 0.243. The zero-order valence-corrected chi connectivity index (χ0v) is 12.8. The van der Waals surface area contributed by atoms with Gasteiger partial charge in [0.2, 0.25) is 5.91 Å². The average Bonchev–Trinajstić information content (AvgIpc) is 3.20. The van der Waals surface area contributed by atoms with E-state index in [-0.39, 0.29) is 5.91 Å². The molecule has 1 fully saturated rings. The number of hydrogen-bond acceptors (Lipinski definition) is 3. The van der Waals surface area contributed by atoms with Gasteiger partial charge in [-0.25, -0.2) is 0 Å². The maximum atomic E-state index is 12.5. The topological polar surface area (TPSA) is 46.3 Å². The Morgan fingerprint density at radius 3 is 2.76 bits per heavy atom. The molecule has 1 amide bonds. The summed E-state index contributed by atoms with van der Waals surface area (Å²) in [5.41, 5.74) is 9.02. The third-order valence-corrected chi connectivity index (χ3v) is 4.64. The Labute approximate surface area is 129 Å². The van der Waals surface area contributed by atoms with Gasteiger partial charge in [0.25, 0.3) is 0 Å². The number of rotatable bonds is 6. The summed E-state index contributed by atoms with van der Waals surface area (Å²) in [4.78, 5) is 14.6. The highest BCUT2D eigenvalue weighted by Gasteiger charge is 2.32. The number of aryl methyl sites for hydroxylation is 1. The van der Waals surface area contributed by atoms with Gasteiger partial charge in [0.15, 0.2) is 0 Å². The molecule has 3 rings (SSSR count). The van der Waals surface area contributed by atoms with E-state index in [1.165, 1.54) is 5.56 Å². The Morgan fingerprint density at radius 2 is 2.10 bits per heavy atom. The Morgan fingerprint density at radius 1 is 1.29 bits per heavy atom. The van der Waals surface area contributed by atoms with Gasteiger partial charge in [-0.3, -0.25) is 4.79 Å². The normalized spacial score (nSPS) is 14.1. The zero-order chi connectivity index (χ0) is 14.7. The van der Waals surface area contributed by atoms with Crippen LogP contribution in [0.3, 0.4) is 0 Å². The molecule has 2 aromatic rings. The Bertz CT molecular complexity index is 605. The predicted molar refractivity (Wildman–Crippen MR) is 87.1 cm³/mol. The third kappa shape index (κ3) is 3.64. The van der Waals surface area contributed by atoms with Gasteiger partial charge in [-0.1, -0.05) is 18.2 Å². The van der Waals surface area contributed by atoms with Crippen LogP contribution in [0.5, 0.6) is 0 Å². The fourth-order valence-electron chi connectivity index (χ4n) is 2.53. The molecule has 1 saturated carbocycles. The van der Waals surface area contributed by atoms with Crippen LogP contribution in [-0.2, 0) is 17.8 Å². The molecule has 4 heteroatoms. The number of carbonyl (C=O) groups is 1. The van der Waals surface area contributed by atoms with Crippen LogP contribution in [-0.4, -0.2) is 16.8 Å². The lowest BCUT2D eigenvalue weighted by Gasteiger charge is -2.22. The fraction of sp³-hybridized carbons (Fsp3) is 0.353. The summed E-state index contributed by atoms with van der Waals surface area (Å²) < 4.78 is 0. The molecule has 1 aliphatic carbocycles. The van der Waals surface area contributed by atoms with Gasteiger partial charge < -0.3 is 10.6 Å². The highest BCUT2D eigenvalue weighted by Crippen LogP contribution is 2.29. The molecule has 0 bridgehead atoms. The van der Waals surface area contributed by atoms with Crippen molar-refractivity contribution in [3.8, 4) is 0 Å². The first kappa shape index (κ1) is 14.1. The first-order valence-corrected chi connectivity index (χ1v) is 8.32. The van der Waals surface area contributed by atoms with Crippen molar-refractivity contribution in [3.05, 3.63) is 52.2 Å². The Hall–Kier alpha value is -1.81. The molecule has 2 N–H and O–H groups in total. The summed E-state index contributed by atoms with van der Waals surface area (Å²) in [5, 5.41) is 4.19. The van der Waals surface area contributed by atoms with Crippen LogP contribution in [0.25, 0.3) is 0 Å². The van der Waals surface area contributed by atoms with Gasteiger partial charge in [-0.05, 0) is 53.3 Å². The molecule has 1 aliphatic rings. The highest BCUT2D eigenvalue weighted by atomic mass is 32.1. The summed E-state index contributed by atoms with van der Waals surface area (Å²) >= 11 is 1.68. The second kappa shape index (κ2) is 6.31. The minimum absolute atomic E-state index is 0.243. The summed E-state index contributed by atoms with van der Waals surface area (Å²) in [7, 11) is 0. The number of benzene rings is 1. The van der Waals surface area contributed by atoms with E-state index in [0.29, 0.717) is 12.5 Å². The van der Waals surface area contributed by atoms with Crippen LogP contribution >= 0.6 is 11.3 Å². The predicted octanol–water partition coefficient (Wildman–Crippen LogP) is 3.45. The lowest BCUT2D eigenvalue weighted by molar-refractivity contribution is -0.132.